The van der Waals surface area contributed by atoms with E-state index in [1.54, 1.807) is 0 Å². The van der Waals surface area contributed by atoms with Crippen LogP contribution in [-0.4, -0.2) is 18.3 Å². The van der Waals surface area contributed by atoms with Gasteiger partial charge in [-0.2, -0.15) is 0 Å². The molecule has 1 aliphatic rings. The van der Waals surface area contributed by atoms with Crippen LogP contribution in [0.4, 0.5) is 0 Å². The fourth-order valence-electron chi connectivity index (χ4n) is 2.38. The Labute approximate surface area is 101 Å². The smallest absolute Gasteiger partial charge is 0.0505 e. The molecule has 1 fully saturated rings. The summed E-state index contributed by atoms with van der Waals surface area (Å²) in [6, 6.07) is 4.40. The lowest BCUT2D eigenvalue weighted by molar-refractivity contribution is 0.110. The van der Waals surface area contributed by atoms with E-state index in [4.69, 9.17) is 5.73 Å². The van der Waals surface area contributed by atoms with Crippen LogP contribution in [0.2, 0.25) is 0 Å². The van der Waals surface area contributed by atoms with Gasteiger partial charge in [-0.05, 0) is 43.7 Å². The van der Waals surface area contributed by atoms with Gasteiger partial charge in [-0.25, -0.2) is 0 Å². The van der Waals surface area contributed by atoms with Crippen LogP contribution in [0.1, 0.15) is 29.5 Å². The first kappa shape index (κ1) is 12.1. The summed E-state index contributed by atoms with van der Waals surface area (Å²) in [4.78, 5) is 2.80. The molecule has 0 spiro atoms. The molecule has 2 rings (SSSR count). The molecule has 0 saturated heterocycles. The Morgan fingerprint density at radius 3 is 2.56 bits per heavy atom. The van der Waals surface area contributed by atoms with Crippen molar-refractivity contribution in [1.82, 2.24) is 0 Å². The van der Waals surface area contributed by atoms with E-state index in [1.165, 1.54) is 22.6 Å². The monoisotopic (exact) mass is 239 g/mol. The third-order valence-corrected chi connectivity index (χ3v) is 4.99. The molecule has 0 amide bonds. The highest BCUT2D eigenvalue weighted by molar-refractivity contribution is 7.11. The molecule has 2 nitrogen and oxygen atoms in total. The Hall–Kier alpha value is -0.380. The molecule has 1 saturated carbocycles. The van der Waals surface area contributed by atoms with Crippen molar-refractivity contribution in [3.63, 3.8) is 0 Å². The van der Waals surface area contributed by atoms with Crippen LogP contribution in [0.3, 0.4) is 0 Å². The fourth-order valence-corrected chi connectivity index (χ4v) is 3.50. The highest BCUT2D eigenvalue weighted by Gasteiger charge is 2.43. The SMILES string of the molecule is CCc1ccc(CC(CN)(CO)C2CC2)s1. The van der Waals surface area contributed by atoms with Crippen molar-refractivity contribution >= 4 is 11.3 Å². The first-order chi connectivity index (χ1) is 7.74. The maximum Gasteiger partial charge on any atom is 0.0505 e. The lowest BCUT2D eigenvalue weighted by Gasteiger charge is -2.30. The van der Waals surface area contributed by atoms with E-state index in [9.17, 15) is 5.11 Å². The minimum atomic E-state index is -0.0458. The molecule has 0 aromatic carbocycles. The summed E-state index contributed by atoms with van der Waals surface area (Å²) in [7, 11) is 0. The van der Waals surface area contributed by atoms with Crippen molar-refractivity contribution < 1.29 is 5.11 Å². The van der Waals surface area contributed by atoms with Crippen LogP contribution >= 0.6 is 11.3 Å². The largest absolute Gasteiger partial charge is 0.396 e. The molecular weight excluding hydrogens is 218 g/mol. The van der Waals surface area contributed by atoms with Crippen molar-refractivity contribution in [3.05, 3.63) is 21.9 Å². The van der Waals surface area contributed by atoms with Crippen molar-refractivity contribution in [3.8, 4) is 0 Å². The van der Waals surface area contributed by atoms with Crippen LogP contribution in [-0.2, 0) is 12.8 Å². The van der Waals surface area contributed by atoms with Crippen molar-refractivity contribution in [2.75, 3.05) is 13.2 Å². The van der Waals surface area contributed by atoms with Gasteiger partial charge < -0.3 is 10.8 Å². The number of aryl methyl sites for hydroxylation is 1. The van der Waals surface area contributed by atoms with E-state index < -0.39 is 0 Å². The molecule has 1 heterocycles. The van der Waals surface area contributed by atoms with E-state index >= 15 is 0 Å². The van der Waals surface area contributed by atoms with Gasteiger partial charge in [0.15, 0.2) is 0 Å². The number of aliphatic hydroxyl groups excluding tert-OH is 1. The molecule has 3 heteroatoms. The second-order valence-corrected chi connectivity index (χ2v) is 6.15. The van der Waals surface area contributed by atoms with Gasteiger partial charge in [-0.1, -0.05) is 6.92 Å². The van der Waals surface area contributed by atoms with Crippen LogP contribution in [0.5, 0.6) is 0 Å². The maximum absolute atomic E-state index is 9.64. The Bertz CT molecular complexity index is 339. The minimum Gasteiger partial charge on any atom is -0.396 e. The molecule has 1 aromatic rings. The first-order valence-electron chi connectivity index (χ1n) is 6.12. The van der Waals surface area contributed by atoms with Crippen LogP contribution in [0.15, 0.2) is 12.1 Å². The van der Waals surface area contributed by atoms with Crippen LogP contribution < -0.4 is 5.73 Å². The zero-order valence-corrected chi connectivity index (χ0v) is 10.7. The molecule has 0 radical (unpaired) electrons. The van der Waals surface area contributed by atoms with E-state index in [0.717, 1.165) is 12.8 Å². The molecule has 3 N–H and O–H groups in total. The van der Waals surface area contributed by atoms with Crippen LogP contribution in [0, 0.1) is 11.3 Å². The summed E-state index contributed by atoms with van der Waals surface area (Å²) in [5.41, 5.74) is 5.85. The highest BCUT2D eigenvalue weighted by Crippen LogP contribution is 2.47. The zero-order chi connectivity index (χ0) is 11.6. The predicted molar refractivity (Wildman–Crippen MR) is 68.7 cm³/mol. The molecule has 90 valence electrons. The first-order valence-corrected chi connectivity index (χ1v) is 6.94. The zero-order valence-electron chi connectivity index (χ0n) is 9.91. The lowest BCUT2D eigenvalue weighted by atomic mass is 9.80. The Morgan fingerprint density at radius 1 is 1.44 bits per heavy atom. The molecule has 1 unspecified atom stereocenters. The molecule has 1 aromatic heterocycles. The Morgan fingerprint density at radius 2 is 2.12 bits per heavy atom. The Kier molecular flexibility index (Phi) is 3.67. The molecule has 0 aliphatic heterocycles. The second kappa shape index (κ2) is 4.86. The van der Waals surface area contributed by atoms with Gasteiger partial charge in [0, 0.05) is 21.7 Å². The average Bonchev–Trinajstić information content (AvgIpc) is 3.07. The van der Waals surface area contributed by atoms with Crippen LogP contribution in [0.25, 0.3) is 0 Å². The quantitative estimate of drug-likeness (QED) is 0.799. The summed E-state index contributed by atoms with van der Waals surface area (Å²) < 4.78 is 0. The molecule has 16 heavy (non-hydrogen) atoms. The summed E-state index contributed by atoms with van der Waals surface area (Å²) in [5, 5.41) is 9.64. The van der Waals surface area contributed by atoms with Gasteiger partial charge >= 0.3 is 0 Å². The average molecular weight is 239 g/mol. The lowest BCUT2D eigenvalue weighted by Crippen LogP contribution is -2.38. The third kappa shape index (κ3) is 2.31. The molecular formula is C13H21NOS. The fraction of sp³-hybridized carbons (Fsp3) is 0.692. The number of hydrogen-bond donors (Lipinski definition) is 2. The molecule has 0 bridgehead atoms. The summed E-state index contributed by atoms with van der Waals surface area (Å²) in [6.07, 6.45) is 4.53. The third-order valence-electron chi connectivity index (χ3n) is 3.76. The Balaban J connectivity index is 2.10. The van der Waals surface area contributed by atoms with E-state index in [2.05, 4.69) is 19.1 Å². The van der Waals surface area contributed by atoms with Crippen molar-refractivity contribution in [1.29, 1.82) is 0 Å². The van der Waals surface area contributed by atoms with E-state index in [1.807, 2.05) is 11.3 Å². The van der Waals surface area contributed by atoms with E-state index in [0.29, 0.717) is 12.5 Å². The summed E-state index contributed by atoms with van der Waals surface area (Å²) >= 11 is 1.87. The van der Waals surface area contributed by atoms with Gasteiger partial charge in [0.05, 0.1) is 6.61 Å². The highest BCUT2D eigenvalue weighted by atomic mass is 32.1. The van der Waals surface area contributed by atoms with E-state index in [-0.39, 0.29) is 12.0 Å². The number of nitrogens with two attached hydrogens (primary N) is 1. The molecule has 1 atom stereocenters. The number of hydrogen-bond acceptors (Lipinski definition) is 3. The van der Waals surface area contributed by atoms with Crippen molar-refractivity contribution in [2.45, 2.75) is 32.6 Å². The summed E-state index contributed by atoms with van der Waals surface area (Å²) in [5.74, 6) is 0.648. The van der Waals surface area contributed by atoms with Gasteiger partial charge in [0.2, 0.25) is 0 Å². The van der Waals surface area contributed by atoms with Crippen molar-refractivity contribution in [2.24, 2.45) is 17.1 Å². The molecule has 1 aliphatic carbocycles. The van der Waals surface area contributed by atoms with Gasteiger partial charge in [-0.15, -0.1) is 11.3 Å². The second-order valence-electron chi connectivity index (χ2n) is 4.90. The van der Waals surface area contributed by atoms with Gasteiger partial charge in [-0.3, -0.25) is 0 Å². The minimum absolute atomic E-state index is 0.0458. The summed E-state index contributed by atoms with van der Waals surface area (Å²) in [6.45, 7) is 3.01. The topological polar surface area (TPSA) is 46.2 Å². The standard InChI is InChI=1S/C13H21NOS/c1-2-11-5-6-12(16-11)7-13(8-14,9-15)10-3-4-10/h5-6,10,15H,2-4,7-9,14H2,1H3. The van der Waals surface area contributed by atoms with Gasteiger partial charge in [0.1, 0.15) is 0 Å². The maximum atomic E-state index is 9.64. The predicted octanol–water partition coefficient (Wildman–Crippen LogP) is 2.20. The normalized spacial score (nSPS) is 19.7. The number of aliphatic hydroxyl groups is 1. The number of thiophene rings is 1. The number of rotatable bonds is 6. The van der Waals surface area contributed by atoms with Gasteiger partial charge in [0.25, 0.3) is 0 Å².